The lowest BCUT2D eigenvalue weighted by Gasteiger charge is -2.71. The molecule has 0 radical (unpaired) electrons. The smallest absolute Gasteiger partial charge is 0.310 e. The van der Waals surface area contributed by atoms with Crippen molar-refractivity contribution in [1.82, 2.24) is 0 Å². The van der Waals surface area contributed by atoms with Crippen LogP contribution in [0.25, 0.3) is 0 Å². The van der Waals surface area contributed by atoms with Crippen LogP contribution in [-0.4, -0.2) is 33.5 Å². The summed E-state index contributed by atoms with van der Waals surface area (Å²) in [5.41, 5.74) is 0.558. The number of hydrogen-bond donors (Lipinski definition) is 3. The van der Waals surface area contributed by atoms with E-state index in [1.165, 1.54) is 5.57 Å². The van der Waals surface area contributed by atoms with Crippen molar-refractivity contribution >= 4 is 5.97 Å². The SMILES string of the molecule is CC1(C)C[C@H]2C3=CC[C@@H]4[C@@]5(C)CC[C@H](O)C(C)(C)[C@@H]5CC[C@@]4(C)[C@]3(C)CC[C@@]2(C(=O)O)C[C@@H]1O. The molecular formula is C30H48O4. The summed E-state index contributed by atoms with van der Waals surface area (Å²) >= 11 is 0. The van der Waals surface area contributed by atoms with Crippen LogP contribution in [0.4, 0.5) is 0 Å². The Bertz CT molecular complexity index is 919. The predicted molar refractivity (Wildman–Crippen MR) is 134 cm³/mol. The molecule has 5 rings (SSSR count). The number of aliphatic hydroxyl groups is 2. The van der Waals surface area contributed by atoms with Crippen molar-refractivity contribution in [3.63, 3.8) is 0 Å². The third kappa shape index (κ3) is 2.82. The number of carboxylic acids is 1. The third-order valence-corrected chi connectivity index (χ3v) is 13.2. The quantitative estimate of drug-likeness (QED) is 0.397. The zero-order valence-electron chi connectivity index (χ0n) is 22.6. The molecule has 192 valence electrons. The maximum Gasteiger partial charge on any atom is 0.310 e. The molecule has 0 heterocycles. The van der Waals surface area contributed by atoms with Crippen molar-refractivity contribution in [3.05, 3.63) is 11.6 Å². The zero-order chi connectivity index (χ0) is 25.1. The first-order valence-electron chi connectivity index (χ1n) is 13.9. The van der Waals surface area contributed by atoms with Crippen molar-refractivity contribution < 1.29 is 20.1 Å². The third-order valence-electron chi connectivity index (χ3n) is 13.2. The molecule has 0 aromatic carbocycles. The number of aliphatic hydroxyl groups excluding tert-OH is 2. The van der Waals surface area contributed by atoms with Crippen LogP contribution < -0.4 is 0 Å². The molecule has 9 atom stereocenters. The minimum Gasteiger partial charge on any atom is -0.481 e. The van der Waals surface area contributed by atoms with Gasteiger partial charge in [0.2, 0.25) is 0 Å². The number of carboxylic acid groups (broad SMARTS) is 1. The summed E-state index contributed by atoms with van der Waals surface area (Å²) in [6, 6.07) is 0. The monoisotopic (exact) mass is 472 g/mol. The Labute approximate surface area is 206 Å². The number of aliphatic carboxylic acids is 1. The lowest BCUT2D eigenvalue weighted by molar-refractivity contribution is -0.208. The largest absolute Gasteiger partial charge is 0.481 e. The van der Waals surface area contributed by atoms with Crippen molar-refractivity contribution in [3.8, 4) is 0 Å². The lowest BCUT2D eigenvalue weighted by Crippen LogP contribution is -2.65. The average Bonchev–Trinajstić information content (AvgIpc) is 2.72. The molecule has 5 aliphatic rings. The molecule has 0 aromatic heterocycles. The summed E-state index contributed by atoms with van der Waals surface area (Å²) in [5.74, 6) is 0.376. The van der Waals surface area contributed by atoms with Crippen LogP contribution in [0.15, 0.2) is 11.6 Å². The number of rotatable bonds is 1. The van der Waals surface area contributed by atoms with Gasteiger partial charge < -0.3 is 15.3 Å². The summed E-state index contributed by atoms with van der Waals surface area (Å²) in [5, 5.41) is 32.3. The molecule has 0 amide bonds. The average molecular weight is 473 g/mol. The Morgan fingerprint density at radius 1 is 0.853 bits per heavy atom. The molecule has 0 bridgehead atoms. The van der Waals surface area contributed by atoms with Crippen LogP contribution in [0.3, 0.4) is 0 Å². The van der Waals surface area contributed by atoms with E-state index in [9.17, 15) is 20.1 Å². The van der Waals surface area contributed by atoms with Gasteiger partial charge in [0, 0.05) is 0 Å². The van der Waals surface area contributed by atoms with E-state index in [2.05, 4.69) is 54.5 Å². The van der Waals surface area contributed by atoms with E-state index in [0.29, 0.717) is 24.7 Å². The molecule has 0 aliphatic heterocycles. The second-order valence-corrected chi connectivity index (χ2v) is 15.1. The maximum atomic E-state index is 12.8. The van der Waals surface area contributed by atoms with Gasteiger partial charge >= 0.3 is 5.97 Å². The Hall–Kier alpha value is -0.870. The van der Waals surface area contributed by atoms with Gasteiger partial charge in [0.25, 0.3) is 0 Å². The highest BCUT2D eigenvalue weighted by atomic mass is 16.4. The molecule has 4 heteroatoms. The first-order valence-corrected chi connectivity index (χ1v) is 13.9. The normalized spacial score (nSPS) is 53.4. The van der Waals surface area contributed by atoms with Crippen molar-refractivity contribution in [2.24, 2.45) is 50.2 Å². The number of carbonyl (C=O) groups is 1. The number of allylic oxidation sites excluding steroid dienone is 2. The van der Waals surface area contributed by atoms with Crippen LogP contribution in [0.5, 0.6) is 0 Å². The molecule has 0 saturated heterocycles. The molecule has 0 unspecified atom stereocenters. The fourth-order valence-corrected chi connectivity index (χ4v) is 10.6. The van der Waals surface area contributed by atoms with Crippen LogP contribution in [0.2, 0.25) is 0 Å². The van der Waals surface area contributed by atoms with E-state index in [1.807, 2.05) is 0 Å². The summed E-state index contributed by atoms with van der Waals surface area (Å²) in [7, 11) is 0. The van der Waals surface area contributed by atoms with Gasteiger partial charge in [-0.05, 0) is 103 Å². The Morgan fingerprint density at radius 2 is 1.53 bits per heavy atom. The number of hydrogen-bond acceptors (Lipinski definition) is 3. The highest BCUT2D eigenvalue weighted by Crippen LogP contribution is 2.75. The Balaban J connectivity index is 1.60. The molecule has 4 saturated carbocycles. The Kier molecular flexibility index (Phi) is 5.20. The fraction of sp³-hybridized carbons (Fsp3) is 0.900. The van der Waals surface area contributed by atoms with E-state index in [-0.39, 0.29) is 39.1 Å². The summed E-state index contributed by atoms with van der Waals surface area (Å²) in [6.07, 6.45) is 9.68. The van der Waals surface area contributed by atoms with Gasteiger partial charge in [-0.15, -0.1) is 0 Å². The van der Waals surface area contributed by atoms with E-state index in [1.54, 1.807) is 0 Å². The molecule has 5 aliphatic carbocycles. The minimum absolute atomic E-state index is 0.00785. The molecular weight excluding hydrogens is 424 g/mol. The van der Waals surface area contributed by atoms with Gasteiger partial charge in [-0.1, -0.05) is 60.1 Å². The molecule has 0 spiro atoms. The second kappa shape index (κ2) is 7.12. The molecule has 4 fully saturated rings. The molecule has 34 heavy (non-hydrogen) atoms. The predicted octanol–water partition coefficient (Wildman–Crippen LogP) is 6.20. The van der Waals surface area contributed by atoms with Gasteiger partial charge in [0.1, 0.15) is 0 Å². The standard InChI is InChI=1S/C30H48O4/c1-25(2)16-19-18-8-9-21-27(5)12-11-22(31)26(3,4)20(27)10-13-29(21,7)28(18,6)14-15-30(19,24(33)34)17-23(25)32/h8,19-23,31-32H,9-17H2,1-7H3,(H,33,34)/t19-,20-,21+,22-,23-,27-,28+,29+,30+/m0/s1. The molecule has 0 aromatic rings. The van der Waals surface area contributed by atoms with Crippen LogP contribution in [-0.2, 0) is 4.79 Å². The second-order valence-electron chi connectivity index (χ2n) is 15.1. The van der Waals surface area contributed by atoms with E-state index >= 15 is 0 Å². The van der Waals surface area contributed by atoms with E-state index in [4.69, 9.17) is 0 Å². The Morgan fingerprint density at radius 3 is 2.18 bits per heavy atom. The van der Waals surface area contributed by atoms with Crippen molar-refractivity contribution in [2.45, 2.75) is 118 Å². The summed E-state index contributed by atoms with van der Waals surface area (Å²) in [6.45, 7) is 16.3. The molecule has 3 N–H and O–H groups in total. The van der Waals surface area contributed by atoms with Gasteiger partial charge in [-0.3, -0.25) is 4.79 Å². The number of fused-ring (bicyclic) bond motifs is 7. The van der Waals surface area contributed by atoms with Gasteiger partial charge in [0.05, 0.1) is 17.6 Å². The highest BCUT2D eigenvalue weighted by molar-refractivity contribution is 5.77. The minimum atomic E-state index is -0.832. The first kappa shape index (κ1) is 24.8. The molecule has 4 nitrogen and oxygen atoms in total. The van der Waals surface area contributed by atoms with Crippen LogP contribution in [0.1, 0.15) is 106 Å². The zero-order valence-corrected chi connectivity index (χ0v) is 22.6. The van der Waals surface area contributed by atoms with E-state index < -0.39 is 17.5 Å². The van der Waals surface area contributed by atoms with Crippen LogP contribution in [0, 0.1) is 50.2 Å². The topological polar surface area (TPSA) is 77.8 Å². The van der Waals surface area contributed by atoms with Gasteiger partial charge in [0.15, 0.2) is 0 Å². The van der Waals surface area contributed by atoms with E-state index in [0.717, 1.165) is 44.9 Å². The highest BCUT2D eigenvalue weighted by Gasteiger charge is 2.69. The van der Waals surface area contributed by atoms with Crippen molar-refractivity contribution in [1.29, 1.82) is 0 Å². The van der Waals surface area contributed by atoms with Gasteiger partial charge in [-0.25, -0.2) is 0 Å². The summed E-state index contributed by atoms with van der Waals surface area (Å²) < 4.78 is 0. The summed E-state index contributed by atoms with van der Waals surface area (Å²) in [4.78, 5) is 12.8. The van der Waals surface area contributed by atoms with Gasteiger partial charge in [-0.2, -0.15) is 0 Å². The maximum absolute atomic E-state index is 12.8. The fourth-order valence-electron chi connectivity index (χ4n) is 10.6. The first-order chi connectivity index (χ1) is 15.6. The lowest BCUT2D eigenvalue weighted by atomic mass is 9.33. The van der Waals surface area contributed by atoms with Crippen molar-refractivity contribution in [2.75, 3.05) is 0 Å². The van der Waals surface area contributed by atoms with Crippen LogP contribution >= 0.6 is 0 Å².